The molecule has 2 spiro atoms. The Bertz CT molecular complexity index is 5600. The number of aromatic hydroxyl groups is 3. The minimum Gasteiger partial charge on any atom is -0.508 e. The highest BCUT2D eigenvalue weighted by molar-refractivity contribution is 7.80. The SMILES string of the molecule is CCC(C)C(NC(=O)C(Cc1ccc(O)cc1)NC(=O)C1CCCN1C(=O)C(CCCNC(=N)N)NC(=O)C(NC(=O)C1CCCN1C(=O)[C@H](CCCCNC(=O)C1OC2(c3ccc(O)cc3OC3CC(=O)C=CC32)c2ccc(NC(N)=S)cc21)NC(=O)C1OC2(c3ccc(O)cc3OC3CC(=O)C=CC32)c2ccc(NC(N)=S)cc21)C1CCC(C(=N)N)CC1)C(=O)NC(CC(C)C)C(=O)O. The van der Waals surface area contributed by atoms with E-state index in [4.69, 9.17) is 77.1 Å². The zero-order valence-corrected chi connectivity index (χ0v) is 77.5. The summed E-state index contributed by atoms with van der Waals surface area (Å²) in [4.78, 5) is 180. The number of fused-ring (bicyclic) bond motifs is 12. The smallest absolute Gasteiger partial charge is 0.326 e. The number of amides is 9. The van der Waals surface area contributed by atoms with Crippen LogP contribution in [-0.2, 0) is 84.6 Å². The van der Waals surface area contributed by atoms with E-state index < -0.39 is 167 Å². The second-order valence-corrected chi connectivity index (χ2v) is 37.9. The number of ketones is 2. The predicted octanol–water partition coefficient (Wildman–Crippen LogP) is 4.86. The summed E-state index contributed by atoms with van der Waals surface area (Å²) in [5.41, 5.74) is 24.7. The molecular weight excluding hydrogens is 1790 g/mol. The second-order valence-electron chi connectivity index (χ2n) is 37.0. The number of carbonyl (C=O) groups is 12. The molecule has 136 heavy (non-hydrogen) atoms. The fourth-order valence-corrected chi connectivity index (χ4v) is 20.9. The van der Waals surface area contributed by atoms with Crippen molar-refractivity contribution in [1.82, 2.24) is 52.3 Å². The van der Waals surface area contributed by atoms with E-state index in [-0.39, 0.29) is 197 Å². The zero-order chi connectivity index (χ0) is 97.5. The molecule has 3 aliphatic carbocycles. The van der Waals surface area contributed by atoms with Gasteiger partial charge in [-0.05, 0) is 233 Å². The van der Waals surface area contributed by atoms with E-state index in [1.165, 1.54) is 70.5 Å². The molecule has 24 N–H and O–H groups in total. The van der Waals surface area contributed by atoms with Crippen LogP contribution in [0.3, 0.4) is 0 Å². The van der Waals surface area contributed by atoms with Crippen LogP contribution in [0.25, 0.3) is 0 Å². The Morgan fingerprint density at radius 1 is 0.529 bits per heavy atom. The number of nitrogens with one attached hydrogen (secondary N) is 12. The van der Waals surface area contributed by atoms with Crippen molar-refractivity contribution in [2.45, 2.75) is 227 Å². The predicted molar refractivity (Wildman–Crippen MR) is 505 cm³/mol. The number of amidine groups is 1. The van der Waals surface area contributed by atoms with Crippen LogP contribution in [0, 0.1) is 46.3 Å². The third-order valence-electron chi connectivity index (χ3n) is 27.4. The van der Waals surface area contributed by atoms with E-state index >= 15 is 33.6 Å². The van der Waals surface area contributed by atoms with E-state index in [0.29, 0.717) is 69.6 Å². The van der Waals surface area contributed by atoms with Crippen molar-refractivity contribution in [3.05, 3.63) is 160 Å². The van der Waals surface area contributed by atoms with Crippen LogP contribution in [0.1, 0.15) is 188 Å². The molecule has 40 heteroatoms. The second kappa shape index (κ2) is 42.3. The number of unbranched alkanes of at least 4 members (excludes halogenated alkanes) is 1. The van der Waals surface area contributed by atoms with Gasteiger partial charge in [0, 0.05) is 86.0 Å². The number of allylic oxidation sites excluding steroid dienone is 2. The van der Waals surface area contributed by atoms with Crippen LogP contribution in [0.4, 0.5) is 11.4 Å². The van der Waals surface area contributed by atoms with Crippen molar-refractivity contribution in [3.63, 3.8) is 0 Å². The lowest BCUT2D eigenvalue weighted by Crippen LogP contribution is -2.61. The summed E-state index contributed by atoms with van der Waals surface area (Å²) in [6, 6.07) is 14.1. The molecule has 3 fully saturated rings. The fraction of sp³-hybridized carbons (Fsp3) is 0.479. The van der Waals surface area contributed by atoms with E-state index in [1.54, 1.807) is 88.4 Å². The minimum absolute atomic E-state index is 0.00841. The Morgan fingerprint density at radius 3 is 1.52 bits per heavy atom. The lowest BCUT2D eigenvalue weighted by Gasteiger charge is -2.46. The number of thiocarbonyl (C=S) groups is 2. The highest BCUT2D eigenvalue weighted by atomic mass is 32.1. The first-order valence-corrected chi connectivity index (χ1v) is 47.1. The van der Waals surface area contributed by atoms with Gasteiger partial charge in [0.1, 0.15) is 100 Å². The maximum Gasteiger partial charge on any atom is 0.326 e. The van der Waals surface area contributed by atoms with Gasteiger partial charge >= 0.3 is 5.97 Å². The maximum absolute atomic E-state index is 16.2. The molecule has 724 valence electrons. The van der Waals surface area contributed by atoms with Crippen molar-refractivity contribution in [1.29, 1.82) is 10.8 Å². The third kappa shape index (κ3) is 21.5. The Hall–Kier alpha value is -13.3. The van der Waals surface area contributed by atoms with Gasteiger partial charge in [0.05, 0.1) is 17.7 Å². The highest BCUT2D eigenvalue weighted by Gasteiger charge is 2.62. The number of nitrogens with zero attached hydrogens (tertiary/aromatic N) is 2. The molecule has 17 atom stereocenters. The van der Waals surface area contributed by atoms with Crippen LogP contribution in [0.2, 0.25) is 0 Å². The van der Waals surface area contributed by atoms with Gasteiger partial charge in [-0.25, -0.2) is 4.79 Å². The first kappa shape index (κ1) is 98.6. The van der Waals surface area contributed by atoms with Gasteiger partial charge < -0.3 is 125 Å². The van der Waals surface area contributed by atoms with Gasteiger partial charge in [-0.2, -0.15) is 0 Å². The number of guanidine groups is 1. The van der Waals surface area contributed by atoms with E-state index in [0.717, 1.165) is 0 Å². The number of aliphatic carboxylic acids is 1. The first-order chi connectivity index (χ1) is 64.9. The minimum atomic E-state index is -1.60. The molecule has 16 unspecified atom stereocenters. The number of likely N-dealkylation sites (tertiary alicyclic amines) is 2. The van der Waals surface area contributed by atoms with E-state index in [2.05, 4.69) is 53.2 Å². The largest absolute Gasteiger partial charge is 0.508 e. The number of anilines is 2. The normalized spacial score (nSPS) is 24.5. The molecule has 1 saturated carbocycles. The lowest BCUT2D eigenvalue weighted by molar-refractivity contribution is -0.155. The number of nitrogens with two attached hydrogens (primary N) is 4. The van der Waals surface area contributed by atoms with Crippen molar-refractivity contribution in [3.8, 4) is 28.7 Å². The number of carboxylic acid groups (broad SMARTS) is 1. The number of rotatable bonds is 35. The fourth-order valence-electron chi connectivity index (χ4n) is 20.6. The summed E-state index contributed by atoms with van der Waals surface area (Å²) >= 11 is 10.5. The van der Waals surface area contributed by atoms with E-state index in [1.807, 2.05) is 0 Å². The Morgan fingerprint density at radius 2 is 1.01 bits per heavy atom. The Labute approximate surface area is 795 Å². The molecule has 2 saturated heterocycles. The van der Waals surface area contributed by atoms with Gasteiger partial charge in [0.15, 0.2) is 40.0 Å². The molecule has 9 amide bonds. The Kier molecular flexibility index (Phi) is 30.7. The quantitative estimate of drug-likeness (QED) is 0.0111. The number of phenolic OH excluding ortho intramolecular Hbond substituents is 3. The molecule has 6 aliphatic heterocycles. The molecule has 38 nitrogen and oxygen atoms in total. The summed E-state index contributed by atoms with van der Waals surface area (Å²) in [7, 11) is 0. The number of phenols is 3. The number of carboxylic acids is 1. The number of hydrogen-bond acceptors (Lipinski definition) is 23. The zero-order valence-electron chi connectivity index (χ0n) is 75.8. The van der Waals surface area contributed by atoms with Gasteiger partial charge in [-0.1, -0.05) is 70.5 Å². The summed E-state index contributed by atoms with van der Waals surface area (Å²) in [5, 5.41) is 86.9. The highest BCUT2D eigenvalue weighted by Crippen LogP contribution is 2.62. The molecule has 0 aromatic heterocycles. The summed E-state index contributed by atoms with van der Waals surface area (Å²) < 4.78 is 27.2. The van der Waals surface area contributed by atoms with Crippen molar-refractivity contribution in [2.75, 3.05) is 36.8 Å². The maximum atomic E-state index is 16.2. The van der Waals surface area contributed by atoms with Crippen LogP contribution < -0.4 is 85.6 Å². The van der Waals surface area contributed by atoms with Crippen molar-refractivity contribution in [2.24, 2.45) is 58.4 Å². The molecule has 6 heterocycles. The summed E-state index contributed by atoms with van der Waals surface area (Å²) in [6.07, 6.45) is 3.72. The van der Waals surface area contributed by atoms with Crippen LogP contribution >= 0.6 is 24.4 Å². The van der Waals surface area contributed by atoms with Crippen molar-refractivity contribution >= 4 is 129 Å². The molecule has 9 aliphatic rings. The third-order valence-corrected chi connectivity index (χ3v) is 27.6. The number of ether oxygens (including phenoxy) is 4. The lowest BCUT2D eigenvalue weighted by atomic mass is 9.69. The molecule has 0 radical (unpaired) electrons. The molecule has 0 bridgehead atoms. The standard InChI is InChI=1S/C96H118N18O20S2/c1-5-48(4)77(85(123)110-70(91(129)130)39-47(2)3)111-82(120)69(40-49-15-23-54(115)24-16-49)109-83(121)71-13-9-37-113(71)90(128)68(12-8-36-104-92(99)100)107-86(124)78(50-17-19-51(20-18-50)81(97)98)112-84(122)72-14-10-38-114(72)89(127)67(108-88(126)80-60-42-53(106-94(102)136)22-30-62(60)96(134-80)65-33-27-57(118)45-75(65)132-76-46-58(119)28-34-66(76)96)11-6-7-35-103-87(125)79-59-41-52(105-93(101)135)21-29-61(59)95(133-79)63-31-25-55(116)43-73(63)131-74-44-56(117)26-32-64(74)95/h15-16,21-34,41-43,45,47-48,50-51,64,66-72,74,76-80,115-116,118H,5-14,17-20,35-40,44,46H2,1-4H3,(H3,97,98)(H,103,125)(H,107,124)(H,108,126)(H,109,121)(H,110,123)(H,111,120)(H,112,122)(H,129,130)(H4,99,100,104)(H3,101,105,135)(H3,102,106,136)/t48?,50?,51?,64?,66?,67-,68?,69?,70?,71?,72?,74?,76?,77?,78?,79?,80?,95?,96?/m0/s1. The van der Waals surface area contributed by atoms with Gasteiger partial charge in [-0.15, -0.1) is 0 Å². The van der Waals surface area contributed by atoms with Crippen LogP contribution in [0.15, 0.2) is 121 Å². The summed E-state index contributed by atoms with van der Waals surface area (Å²) in [5.74, 6) is -12.1. The monoisotopic (exact) mass is 1910 g/mol. The summed E-state index contributed by atoms with van der Waals surface area (Å²) in [6.45, 7) is 7.04. The topological polar surface area (TPSA) is 601 Å². The average Bonchev–Trinajstić information content (AvgIpc) is 1.53. The number of carbonyl (C=O) groups excluding carboxylic acids is 11. The first-order valence-electron chi connectivity index (χ1n) is 46.3. The van der Waals surface area contributed by atoms with Crippen molar-refractivity contribution < 1.29 is 96.9 Å². The van der Waals surface area contributed by atoms with Gasteiger partial charge in [0.25, 0.3) is 11.8 Å². The van der Waals surface area contributed by atoms with Crippen LogP contribution in [-0.4, -0.2) is 210 Å². The average molecular weight is 1910 g/mol. The Balaban J connectivity index is 0.744. The van der Waals surface area contributed by atoms with Gasteiger partial charge in [0.2, 0.25) is 41.4 Å². The molecule has 5 aromatic carbocycles. The number of benzene rings is 5. The molecular formula is C96H118N18O20S2. The molecule has 5 aromatic rings. The molecule has 14 rings (SSSR count). The van der Waals surface area contributed by atoms with Gasteiger partial charge in [-0.3, -0.25) is 63.6 Å². The number of hydrogen-bond donors (Lipinski definition) is 20. The van der Waals surface area contributed by atoms with Crippen LogP contribution in [0.5, 0.6) is 28.7 Å². The van der Waals surface area contributed by atoms with E-state index in [9.17, 15) is 44.4 Å².